The van der Waals surface area contributed by atoms with Crippen molar-refractivity contribution in [1.29, 1.82) is 0 Å². The number of hydrogen-bond acceptors (Lipinski definition) is 3. The highest BCUT2D eigenvalue weighted by Crippen LogP contribution is 2.44. The fourth-order valence-electron chi connectivity index (χ4n) is 4.98. The maximum absolute atomic E-state index is 13.4. The van der Waals surface area contributed by atoms with Gasteiger partial charge in [-0.1, -0.05) is 42.5 Å². The molecule has 0 unspecified atom stereocenters. The normalized spacial score (nSPS) is 23.1. The van der Waals surface area contributed by atoms with Crippen molar-refractivity contribution in [3.05, 3.63) is 77.2 Å². The summed E-state index contributed by atoms with van der Waals surface area (Å²) in [5.74, 6) is -2.20. The number of H-pyrrole nitrogens is 1. The van der Waals surface area contributed by atoms with Crippen LogP contribution >= 0.6 is 0 Å². The Morgan fingerprint density at radius 2 is 1.97 bits per heavy atom. The van der Waals surface area contributed by atoms with Crippen LogP contribution in [-0.4, -0.2) is 35.4 Å². The minimum atomic E-state index is -0.871. The number of esters is 1. The number of rotatable bonds is 3. The molecule has 1 N–H and O–H groups in total. The average molecular weight is 418 g/mol. The maximum atomic E-state index is 13.4. The van der Waals surface area contributed by atoms with Gasteiger partial charge in [0.2, 0.25) is 5.91 Å². The van der Waals surface area contributed by atoms with E-state index in [1.165, 1.54) is 30.2 Å². The van der Waals surface area contributed by atoms with E-state index in [2.05, 4.69) is 11.1 Å². The molecule has 3 heterocycles. The van der Waals surface area contributed by atoms with Gasteiger partial charge in [0.1, 0.15) is 11.7 Å². The Kier molecular flexibility index (Phi) is 4.85. The van der Waals surface area contributed by atoms with E-state index in [-0.39, 0.29) is 23.7 Å². The van der Waals surface area contributed by atoms with Crippen LogP contribution in [0.15, 0.2) is 54.6 Å². The molecular formula is C25H23FN2O3. The SMILES string of the molecule is COC(=O)[C@@H]1C(=O)N2CCc3c([nH]c4ccccc34)[C@H]2C[C@H]1/C=C/c1ccc(F)cc1. The molecule has 5 rings (SSSR count). The van der Waals surface area contributed by atoms with Crippen LogP contribution in [0, 0.1) is 17.7 Å². The zero-order chi connectivity index (χ0) is 21.5. The molecular weight excluding hydrogens is 395 g/mol. The summed E-state index contributed by atoms with van der Waals surface area (Å²) in [5.41, 5.74) is 4.19. The number of benzene rings is 2. The number of halogens is 1. The monoisotopic (exact) mass is 418 g/mol. The van der Waals surface area contributed by atoms with Crippen LogP contribution in [-0.2, 0) is 20.7 Å². The predicted octanol–water partition coefficient (Wildman–Crippen LogP) is 4.26. The molecule has 0 bridgehead atoms. The van der Waals surface area contributed by atoms with Gasteiger partial charge in [-0.05, 0) is 42.2 Å². The summed E-state index contributed by atoms with van der Waals surface area (Å²) >= 11 is 0. The van der Waals surface area contributed by atoms with Crippen molar-refractivity contribution in [2.45, 2.75) is 18.9 Å². The van der Waals surface area contributed by atoms with Gasteiger partial charge in [0, 0.05) is 29.1 Å². The largest absolute Gasteiger partial charge is 0.468 e. The van der Waals surface area contributed by atoms with Crippen molar-refractivity contribution in [2.24, 2.45) is 11.8 Å². The lowest BCUT2D eigenvalue weighted by Crippen LogP contribution is -2.52. The second-order valence-electron chi connectivity index (χ2n) is 8.17. The van der Waals surface area contributed by atoms with Crippen LogP contribution in [0.4, 0.5) is 4.39 Å². The molecule has 1 aromatic heterocycles. The Morgan fingerprint density at radius 1 is 1.19 bits per heavy atom. The lowest BCUT2D eigenvalue weighted by molar-refractivity contribution is -0.161. The molecule has 2 aliphatic rings. The summed E-state index contributed by atoms with van der Waals surface area (Å²) in [5, 5.41) is 1.19. The molecule has 2 aromatic carbocycles. The third-order valence-electron chi connectivity index (χ3n) is 6.49. The number of amides is 1. The van der Waals surface area contributed by atoms with Crippen LogP contribution in [0.5, 0.6) is 0 Å². The van der Waals surface area contributed by atoms with Crippen LogP contribution in [0.2, 0.25) is 0 Å². The number of fused-ring (bicyclic) bond motifs is 5. The molecule has 0 saturated carbocycles. The second-order valence-corrected chi connectivity index (χ2v) is 8.17. The van der Waals surface area contributed by atoms with E-state index in [1.807, 2.05) is 35.3 Å². The number of carbonyl (C=O) groups is 2. The number of nitrogens with one attached hydrogen (secondary N) is 1. The zero-order valence-corrected chi connectivity index (χ0v) is 17.2. The van der Waals surface area contributed by atoms with Crippen LogP contribution in [0.1, 0.15) is 29.3 Å². The van der Waals surface area contributed by atoms with Crippen molar-refractivity contribution in [1.82, 2.24) is 9.88 Å². The molecule has 1 amide bonds. The molecule has 1 fully saturated rings. The van der Waals surface area contributed by atoms with E-state index in [4.69, 9.17) is 4.74 Å². The fraction of sp³-hybridized carbons (Fsp3) is 0.280. The Balaban J connectivity index is 1.52. The summed E-state index contributed by atoms with van der Waals surface area (Å²) < 4.78 is 18.2. The smallest absolute Gasteiger partial charge is 0.318 e. The lowest BCUT2D eigenvalue weighted by Gasteiger charge is -2.44. The summed E-state index contributed by atoms with van der Waals surface area (Å²) in [6, 6.07) is 14.2. The van der Waals surface area contributed by atoms with Crippen LogP contribution < -0.4 is 0 Å². The summed E-state index contributed by atoms with van der Waals surface area (Å²) in [4.78, 5) is 31.3. The van der Waals surface area contributed by atoms with Crippen molar-refractivity contribution in [3.63, 3.8) is 0 Å². The van der Waals surface area contributed by atoms with E-state index >= 15 is 0 Å². The quantitative estimate of drug-likeness (QED) is 0.511. The van der Waals surface area contributed by atoms with Crippen LogP contribution in [0.25, 0.3) is 17.0 Å². The van der Waals surface area contributed by atoms with E-state index in [9.17, 15) is 14.0 Å². The second kappa shape index (κ2) is 7.69. The molecule has 1 saturated heterocycles. The van der Waals surface area contributed by atoms with Gasteiger partial charge < -0.3 is 14.6 Å². The van der Waals surface area contributed by atoms with Gasteiger partial charge in [0.15, 0.2) is 0 Å². The number of hydrogen-bond donors (Lipinski definition) is 1. The summed E-state index contributed by atoms with van der Waals surface area (Å²) in [7, 11) is 1.31. The molecule has 3 aromatic rings. The first kappa shape index (κ1) is 19.5. The first-order valence-electron chi connectivity index (χ1n) is 10.5. The minimum absolute atomic E-state index is 0.118. The standard InChI is InChI=1S/C25H23FN2O3/c1-31-25(30)22-16(9-6-15-7-10-17(26)11-8-15)14-21-23-19(12-13-28(21)24(22)29)18-4-2-3-5-20(18)27-23/h2-11,16,21-22,27H,12-14H2,1H3/b9-6+/t16-,21-,22+/m1/s1. The first-order valence-corrected chi connectivity index (χ1v) is 10.5. The number of piperidine rings is 1. The van der Waals surface area contributed by atoms with E-state index < -0.39 is 11.9 Å². The Labute approximate surface area is 179 Å². The number of aromatic amines is 1. The highest BCUT2D eigenvalue weighted by molar-refractivity contribution is 5.99. The molecule has 2 aliphatic heterocycles. The molecule has 0 spiro atoms. The topological polar surface area (TPSA) is 62.4 Å². The summed E-state index contributed by atoms with van der Waals surface area (Å²) in [6.45, 7) is 0.584. The number of nitrogens with zero attached hydrogens (tertiary/aromatic N) is 1. The zero-order valence-electron chi connectivity index (χ0n) is 17.2. The number of allylic oxidation sites excluding steroid dienone is 1. The van der Waals surface area contributed by atoms with E-state index in [0.717, 1.165) is 23.2 Å². The minimum Gasteiger partial charge on any atom is -0.468 e. The lowest BCUT2D eigenvalue weighted by atomic mass is 9.77. The highest BCUT2D eigenvalue weighted by Gasteiger charge is 2.48. The summed E-state index contributed by atoms with van der Waals surface area (Å²) in [6.07, 6.45) is 5.10. The predicted molar refractivity (Wildman–Crippen MR) is 116 cm³/mol. The molecule has 6 heteroatoms. The van der Waals surface area contributed by atoms with Gasteiger partial charge in [0.05, 0.1) is 13.2 Å². The average Bonchev–Trinajstić information content (AvgIpc) is 3.17. The Bertz CT molecular complexity index is 1180. The van der Waals surface area contributed by atoms with Gasteiger partial charge in [-0.15, -0.1) is 0 Å². The third kappa shape index (κ3) is 3.32. The van der Waals surface area contributed by atoms with Crippen molar-refractivity contribution >= 4 is 28.9 Å². The Hall–Kier alpha value is -3.41. The molecule has 0 aliphatic carbocycles. The highest BCUT2D eigenvalue weighted by atomic mass is 19.1. The van der Waals surface area contributed by atoms with Gasteiger partial charge in [0.25, 0.3) is 0 Å². The van der Waals surface area contributed by atoms with Gasteiger partial charge in [-0.2, -0.15) is 0 Å². The molecule has 3 atom stereocenters. The number of para-hydroxylation sites is 1. The van der Waals surface area contributed by atoms with E-state index in [0.29, 0.717) is 13.0 Å². The Morgan fingerprint density at radius 3 is 2.74 bits per heavy atom. The molecule has 158 valence electrons. The van der Waals surface area contributed by atoms with Crippen LogP contribution in [0.3, 0.4) is 0 Å². The van der Waals surface area contributed by atoms with Gasteiger partial charge in [-0.25, -0.2) is 4.39 Å². The van der Waals surface area contributed by atoms with E-state index in [1.54, 1.807) is 12.1 Å². The van der Waals surface area contributed by atoms with Gasteiger partial charge in [-0.3, -0.25) is 9.59 Å². The van der Waals surface area contributed by atoms with Gasteiger partial charge >= 0.3 is 5.97 Å². The third-order valence-corrected chi connectivity index (χ3v) is 6.49. The molecule has 31 heavy (non-hydrogen) atoms. The van der Waals surface area contributed by atoms with Crippen molar-refractivity contribution in [3.8, 4) is 0 Å². The fourth-order valence-corrected chi connectivity index (χ4v) is 4.98. The maximum Gasteiger partial charge on any atom is 0.318 e. The molecule has 0 radical (unpaired) electrons. The number of methoxy groups -OCH3 is 1. The first-order chi connectivity index (χ1) is 15.1. The number of ether oxygens (including phenoxy) is 1. The molecule has 5 nitrogen and oxygen atoms in total. The number of carbonyl (C=O) groups excluding carboxylic acids is 2. The number of aromatic nitrogens is 1. The van der Waals surface area contributed by atoms with Crippen molar-refractivity contribution in [2.75, 3.05) is 13.7 Å². The van der Waals surface area contributed by atoms with Crippen molar-refractivity contribution < 1.29 is 18.7 Å².